The summed E-state index contributed by atoms with van der Waals surface area (Å²) in [5.74, 6) is 1.63. The smallest absolute Gasteiger partial charge is 0.220 e. The number of fused-ring (bicyclic) bond motifs is 1. The molecule has 0 saturated heterocycles. The van der Waals surface area contributed by atoms with E-state index >= 15 is 0 Å². The number of hydrogen-bond donors (Lipinski definition) is 1. The highest BCUT2D eigenvalue weighted by Gasteiger charge is 2.13. The highest BCUT2D eigenvalue weighted by molar-refractivity contribution is 5.76. The Hall–Kier alpha value is -2.49. The van der Waals surface area contributed by atoms with Crippen molar-refractivity contribution < 1.29 is 14.3 Å². The first-order chi connectivity index (χ1) is 12.7. The van der Waals surface area contributed by atoms with Crippen molar-refractivity contribution in [2.75, 3.05) is 13.2 Å². The second kappa shape index (κ2) is 8.75. The largest absolute Gasteiger partial charge is 0.490 e. The predicted molar refractivity (Wildman–Crippen MR) is 103 cm³/mol. The van der Waals surface area contributed by atoms with Crippen molar-refractivity contribution in [3.8, 4) is 11.5 Å². The molecule has 0 bridgehead atoms. The Bertz CT molecular complexity index is 740. The number of carbonyl (C=O) groups is 1. The van der Waals surface area contributed by atoms with Crippen LogP contribution in [0.3, 0.4) is 0 Å². The van der Waals surface area contributed by atoms with Crippen molar-refractivity contribution in [3.63, 3.8) is 0 Å². The van der Waals surface area contributed by atoms with Gasteiger partial charge in [-0.15, -0.1) is 0 Å². The molecule has 2 aromatic carbocycles. The third-order valence-corrected chi connectivity index (χ3v) is 4.72. The minimum atomic E-state index is 0.0113. The zero-order valence-corrected chi connectivity index (χ0v) is 15.6. The summed E-state index contributed by atoms with van der Waals surface area (Å²) < 4.78 is 11.4. The highest BCUT2D eigenvalue weighted by atomic mass is 16.5. The molecule has 1 atom stereocenters. The van der Waals surface area contributed by atoms with Gasteiger partial charge in [0.1, 0.15) is 0 Å². The molecule has 3 rings (SSSR count). The SMILES string of the molecule is CCc1ccc(C(C)NC(=O)CCc2ccc3c(c2)OCCCO3)cc1. The van der Waals surface area contributed by atoms with Gasteiger partial charge < -0.3 is 14.8 Å². The van der Waals surface area contributed by atoms with Crippen LogP contribution < -0.4 is 14.8 Å². The monoisotopic (exact) mass is 353 g/mol. The number of benzene rings is 2. The van der Waals surface area contributed by atoms with E-state index in [0.29, 0.717) is 26.1 Å². The minimum absolute atomic E-state index is 0.0113. The highest BCUT2D eigenvalue weighted by Crippen LogP contribution is 2.30. The van der Waals surface area contributed by atoms with Crippen LogP contribution in [0.25, 0.3) is 0 Å². The first kappa shape index (κ1) is 18.3. The normalized spacial score (nSPS) is 14.4. The van der Waals surface area contributed by atoms with E-state index in [0.717, 1.165) is 35.5 Å². The molecular formula is C22H27NO3. The van der Waals surface area contributed by atoms with Crippen molar-refractivity contribution >= 4 is 5.91 Å². The molecule has 1 aliphatic heterocycles. The molecule has 4 heteroatoms. The molecule has 0 spiro atoms. The zero-order chi connectivity index (χ0) is 18.4. The van der Waals surface area contributed by atoms with Crippen molar-refractivity contribution in [2.45, 2.75) is 45.6 Å². The van der Waals surface area contributed by atoms with Gasteiger partial charge in [0, 0.05) is 12.8 Å². The summed E-state index contributed by atoms with van der Waals surface area (Å²) in [6.45, 7) is 5.52. The third-order valence-electron chi connectivity index (χ3n) is 4.72. The second-order valence-corrected chi connectivity index (χ2v) is 6.72. The number of nitrogens with one attached hydrogen (secondary N) is 1. The summed E-state index contributed by atoms with van der Waals surface area (Å²) in [6.07, 6.45) is 3.06. The Morgan fingerprint density at radius 1 is 1.04 bits per heavy atom. The Balaban J connectivity index is 1.52. The van der Waals surface area contributed by atoms with Gasteiger partial charge in [0.15, 0.2) is 11.5 Å². The lowest BCUT2D eigenvalue weighted by Crippen LogP contribution is -2.26. The van der Waals surface area contributed by atoms with Crippen LogP contribution in [0.15, 0.2) is 42.5 Å². The van der Waals surface area contributed by atoms with Gasteiger partial charge in [0.25, 0.3) is 0 Å². The van der Waals surface area contributed by atoms with Gasteiger partial charge in [-0.1, -0.05) is 37.3 Å². The fourth-order valence-corrected chi connectivity index (χ4v) is 3.06. The zero-order valence-electron chi connectivity index (χ0n) is 15.6. The first-order valence-corrected chi connectivity index (χ1v) is 9.42. The average Bonchev–Trinajstić information content (AvgIpc) is 2.91. The summed E-state index contributed by atoms with van der Waals surface area (Å²) in [5, 5.41) is 3.08. The summed E-state index contributed by atoms with van der Waals surface area (Å²) in [6, 6.07) is 14.4. The minimum Gasteiger partial charge on any atom is -0.490 e. The average molecular weight is 353 g/mol. The number of ether oxygens (including phenoxy) is 2. The second-order valence-electron chi connectivity index (χ2n) is 6.72. The van der Waals surface area contributed by atoms with E-state index in [4.69, 9.17) is 9.47 Å². The van der Waals surface area contributed by atoms with Gasteiger partial charge in [0.2, 0.25) is 5.91 Å². The number of aryl methyl sites for hydroxylation is 2. The van der Waals surface area contributed by atoms with E-state index in [1.54, 1.807) is 0 Å². The first-order valence-electron chi connectivity index (χ1n) is 9.42. The third kappa shape index (κ3) is 4.78. The Kier molecular flexibility index (Phi) is 6.16. The maximum atomic E-state index is 12.3. The van der Waals surface area contributed by atoms with E-state index in [9.17, 15) is 4.79 Å². The molecular weight excluding hydrogens is 326 g/mol. The quantitative estimate of drug-likeness (QED) is 0.846. The molecule has 0 radical (unpaired) electrons. The van der Waals surface area contributed by atoms with Crippen LogP contribution in [0.2, 0.25) is 0 Å². The number of hydrogen-bond acceptors (Lipinski definition) is 3. The van der Waals surface area contributed by atoms with Crippen LogP contribution in [0.5, 0.6) is 11.5 Å². The van der Waals surface area contributed by atoms with Crippen LogP contribution in [0.1, 0.15) is 49.4 Å². The Morgan fingerprint density at radius 2 is 1.73 bits per heavy atom. The standard InChI is InChI=1S/C22H27NO3/c1-3-17-5-9-19(10-6-17)16(2)23-22(24)12-8-18-7-11-20-21(15-18)26-14-4-13-25-20/h5-7,9-11,15-16H,3-4,8,12-14H2,1-2H3,(H,23,24). The van der Waals surface area contributed by atoms with Crippen LogP contribution in [0.4, 0.5) is 0 Å². The van der Waals surface area contributed by atoms with Gasteiger partial charge in [0.05, 0.1) is 19.3 Å². The van der Waals surface area contributed by atoms with E-state index in [1.165, 1.54) is 5.56 Å². The summed E-state index contributed by atoms with van der Waals surface area (Å²) >= 11 is 0. The van der Waals surface area contributed by atoms with Gasteiger partial charge in [-0.2, -0.15) is 0 Å². The molecule has 26 heavy (non-hydrogen) atoms. The Labute approximate surface area is 155 Å². The maximum absolute atomic E-state index is 12.3. The van der Waals surface area contributed by atoms with Gasteiger partial charge in [-0.25, -0.2) is 0 Å². The molecule has 0 aromatic heterocycles. The lowest BCUT2D eigenvalue weighted by molar-refractivity contribution is -0.121. The van der Waals surface area contributed by atoms with E-state index < -0.39 is 0 Å². The number of carbonyl (C=O) groups excluding carboxylic acids is 1. The molecule has 0 fully saturated rings. The van der Waals surface area contributed by atoms with E-state index in [1.807, 2.05) is 25.1 Å². The van der Waals surface area contributed by atoms with Crippen LogP contribution in [-0.4, -0.2) is 19.1 Å². The molecule has 1 heterocycles. The molecule has 1 unspecified atom stereocenters. The van der Waals surface area contributed by atoms with Gasteiger partial charge in [-0.3, -0.25) is 4.79 Å². The fraction of sp³-hybridized carbons (Fsp3) is 0.409. The van der Waals surface area contributed by atoms with Crippen LogP contribution >= 0.6 is 0 Å². The summed E-state index contributed by atoms with van der Waals surface area (Å²) in [4.78, 5) is 12.3. The molecule has 0 aliphatic carbocycles. The van der Waals surface area contributed by atoms with Crippen LogP contribution in [0, 0.1) is 0 Å². The number of rotatable bonds is 6. The van der Waals surface area contributed by atoms with Crippen molar-refractivity contribution in [3.05, 3.63) is 59.2 Å². The molecule has 1 aliphatic rings. The Morgan fingerprint density at radius 3 is 2.46 bits per heavy atom. The molecule has 2 aromatic rings. The van der Waals surface area contributed by atoms with E-state index in [-0.39, 0.29) is 11.9 Å². The van der Waals surface area contributed by atoms with Gasteiger partial charge in [-0.05, 0) is 48.6 Å². The topological polar surface area (TPSA) is 47.6 Å². The molecule has 4 nitrogen and oxygen atoms in total. The molecule has 1 N–H and O–H groups in total. The molecule has 138 valence electrons. The van der Waals surface area contributed by atoms with Crippen molar-refractivity contribution in [1.29, 1.82) is 0 Å². The number of amides is 1. The predicted octanol–water partition coefficient (Wildman–Crippen LogP) is 4.22. The molecule has 1 amide bonds. The van der Waals surface area contributed by atoms with Gasteiger partial charge >= 0.3 is 0 Å². The summed E-state index contributed by atoms with van der Waals surface area (Å²) in [5.41, 5.74) is 3.53. The lowest BCUT2D eigenvalue weighted by Gasteiger charge is -2.15. The maximum Gasteiger partial charge on any atom is 0.220 e. The van der Waals surface area contributed by atoms with E-state index in [2.05, 4.69) is 36.5 Å². The summed E-state index contributed by atoms with van der Waals surface area (Å²) in [7, 11) is 0. The fourth-order valence-electron chi connectivity index (χ4n) is 3.06. The van der Waals surface area contributed by atoms with Crippen LogP contribution in [-0.2, 0) is 17.6 Å². The van der Waals surface area contributed by atoms with Crippen molar-refractivity contribution in [1.82, 2.24) is 5.32 Å². The lowest BCUT2D eigenvalue weighted by atomic mass is 10.0. The van der Waals surface area contributed by atoms with Crippen molar-refractivity contribution in [2.24, 2.45) is 0 Å². The molecule has 0 saturated carbocycles.